The highest BCUT2D eigenvalue weighted by molar-refractivity contribution is 5.81. The van der Waals surface area contributed by atoms with Gasteiger partial charge in [-0.05, 0) is 52.8 Å². The molecule has 0 saturated carbocycles. The number of hydrogen-bond donors (Lipinski definition) is 2. The molecule has 1 amide bonds. The topological polar surface area (TPSA) is 78.9 Å². The average molecular weight is 457 g/mol. The number of carbonyl (C=O) groups is 2. The second kappa shape index (κ2) is 9.21. The van der Waals surface area contributed by atoms with Crippen LogP contribution in [0.3, 0.4) is 0 Å². The second-order valence-electron chi connectivity index (χ2n) is 8.86. The number of carboxylic acids is 1. The van der Waals surface area contributed by atoms with Crippen molar-refractivity contribution < 1.29 is 19.4 Å². The summed E-state index contributed by atoms with van der Waals surface area (Å²) in [5.74, 6) is -1.15. The highest BCUT2D eigenvalue weighted by atomic mass is 16.5. The summed E-state index contributed by atoms with van der Waals surface area (Å²) in [5, 5.41) is 12.3. The molecule has 1 unspecified atom stereocenters. The third kappa shape index (κ3) is 4.12. The molecule has 1 heterocycles. The second-order valence-corrected chi connectivity index (χ2v) is 8.86. The molecule has 0 bridgehead atoms. The Bertz CT molecular complexity index is 1190. The predicted molar refractivity (Wildman–Crippen MR) is 131 cm³/mol. The molecule has 5 rings (SSSR count). The Balaban J connectivity index is 1.24. The smallest absolute Gasteiger partial charge is 0.407 e. The number of ether oxygens (including phenoxy) is 1. The quantitative estimate of drug-likeness (QED) is 0.543. The third-order valence-electron chi connectivity index (χ3n) is 6.89. The number of nitrogens with one attached hydrogen (secondary N) is 1. The summed E-state index contributed by atoms with van der Waals surface area (Å²) < 4.78 is 5.54. The molecule has 0 aromatic heterocycles. The molecule has 3 aromatic carbocycles. The summed E-state index contributed by atoms with van der Waals surface area (Å²) in [6.07, 6.45) is 0.445. The Morgan fingerprint density at radius 3 is 2.38 bits per heavy atom. The molecule has 0 saturated heterocycles. The number of fused-ring (bicyclic) bond motifs is 4. The van der Waals surface area contributed by atoms with Gasteiger partial charge in [-0.1, -0.05) is 60.7 Å². The van der Waals surface area contributed by atoms with Gasteiger partial charge >= 0.3 is 12.1 Å². The Morgan fingerprint density at radius 1 is 1.06 bits per heavy atom. The number of rotatable bonds is 7. The van der Waals surface area contributed by atoms with E-state index in [4.69, 9.17) is 4.74 Å². The number of carbonyl (C=O) groups excluding carboxylic acids is 1. The van der Waals surface area contributed by atoms with E-state index in [0.717, 1.165) is 47.3 Å². The van der Waals surface area contributed by atoms with Gasteiger partial charge in [-0.3, -0.25) is 0 Å². The minimum atomic E-state index is -1.08. The van der Waals surface area contributed by atoms with Gasteiger partial charge in [0.1, 0.15) is 12.6 Å². The van der Waals surface area contributed by atoms with Gasteiger partial charge in [-0.15, -0.1) is 0 Å². The van der Waals surface area contributed by atoms with Crippen LogP contribution in [0.4, 0.5) is 10.5 Å². The highest BCUT2D eigenvalue weighted by Gasteiger charge is 2.30. The number of aliphatic carboxylic acids is 1. The molecule has 1 aliphatic carbocycles. The first-order valence-corrected chi connectivity index (χ1v) is 11.8. The lowest BCUT2D eigenvalue weighted by atomic mass is 9.98. The third-order valence-corrected chi connectivity index (χ3v) is 6.89. The first-order chi connectivity index (χ1) is 16.5. The number of likely N-dealkylation sites (N-methyl/N-ethyl adjacent to an activating group) is 1. The average Bonchev–Trinajstić information content (AvgIpc) is 3.40. The van der Waals surface area contributed by atoms with E-state index in [1.54, 1.807) is 0 Å². The van der Waals surface area contributed by atoms with E-state index in [0.29, 0.717) is 0 Å². The molecule has 2 N–H and O–H groups in total. The summed E-state index contributed by atoms with van der Waals surface area (Å²) in [5.41, 5.74) is 7.86. The zero-order valence-corrected chi connectivity index (χ0v) is 19.2. The van der Waals surface area contributed by atoms with Crippen molar-refractivity contribution >= 4 is 17.7 Å². The molecular weight excluding hydrogens is 428 g/mol. The van der Waals surface area contributed by atoms with Crippen LogP contribution in [0.15, 0.2) is 66.7 Å². The minimum absolute atomic E-state index is 0.0698. The molecular formula is C28H28N2O4. The van der Waals surface area contributed by atoms with E-state index in [-0.39, 0.29) is 18.9 Å². The number of anilines is 1. The molecule has 1 atom stereocenters. The Kier molecular flexibility index (Phi) is 5.97. The molecule has 2 aliphatic rings. The first kappa shape index (κ1) is 22.0. The van der Waals surface area contributed by atoms with Gasteiger partial charge in [0.05, 0.1) is 0 Å². The van der Waals surface area contributed by atoms with E-state index < -0.39 is 18.1 Å². The fourth-order valence-corrected chi connectivity index (χ4v) is 5.20. The largest absolute Gasteiger partial charge is 0.480 e. The van der Waals surface area contributed by atoms with Gasteiger partial charge in [-0.2, -0.15) is 0 Å². The van der Waals surface area contributed by atoms with Gasteiger partial charge in [0.15, 0.2) is 0 Å². The van der Waals surface area contributed by atoms with Crippen LogP contribution in [0.5, 0.6) is 0 Å². The molecule has 34 heavy (non-hydrogen) atoms. The number of carboxylic acid groups (broad SMARTS) is 1. The maximum Gasteiger partial charge on any atom is 0.407 e. The van der Waals surface area contributed by atoms with Crippen LogP contribution in [-0.4, -0.2) is 42.9 Å². The molecule has 6 nitrogen and oxygen atoms in total. The molecule has 6 heteroatoms. The lowest BCUT2D eigenvalue weighted by Crippen LogP contribution is -2.42. The SMILES string of the molecule is CCN1CCc2cc(CC(NC(=O)OCC3c4ccccc4-c4ccccc43)C(=O)O)ccc21. The number of alkyl carbamates (subject to hydrolysis) is 1. The first-order valence-electron chi connectivity index (χ1n) is 11.8. The molecule has 0 fully saturated rings. The molecule has 1 aliphatic heterocycles. The molecule has 0 spiro atoms. The van der Waals surface area contributed by atoms with Crippen LogP contribution in [0, 0.1) is 0 Å². The minimum Gasteiger partial charge on any atom is -0.480 e. The number of nitrogens with zero attached hydrogens (tertiary/aromatic N) is 1. The standard InChI is InChI=1S/C28H28N2O4/c1-2-30-14-13-19-15-18(11-12-26(19)30)16-25(27(31)32)29-28(33)34-17-24-22-9-5-3-7-20(22)21-8-4-6-10-23(21)24/h3-12,15,24-25H,2,13-14,16-17H2,1H3,(H,29,33)(H,31,32). The molecule has 174 valence electrons. The zero-order chi connectivity index (χ0) is 23.7. The van der Waals surface area contributed by atoms with Crippen molar-refractivity contribution in [3.63, 3.8) is 0 Å². The Labute approximate surface area is 199 Å². The van der Waals surface area contributed by atoms with Crippen molar-refractivity contribution in [2.75, 3.05) is 24.6 Å². The highest BCUT2D eigenvalue weighted by Crippen LogP contribution is 2.44. The number of amides is 1. The van der Waals surface area contributed by atoms with Crippen molar-refractivity contribution in [1.29, 1.82) is 0 Å². The van der Waals surface area contributed by atoms with Crippen LogP contribution < -0.4 is 10.2 Å². The van der Waals surface area contributed by atoms with Crippen LogP contribution in [0.25, 0.3) is 11.1 Å². The van der Waals surface area contributed by atoms with E-state index >= 15 is 0 Å². The summed E-state index contributed by atoms with van der Waals surface area (Å²) in [6, 6.07) is 21.2. The van der Waals surface area contributed by atoms with Crippen molar-refractivity contribution in [3.05, 3.63) is 89.0 Å². The molecule has 3 aromatic rings. The lowest BCUT2D eigenvalue weighted by molar-refractivity contribution is -0.139. The summed E-state index contributed by atoms with van der Waals surface area (Å²) in [4.78, 5) is 26.8. The predicted octanol–water partition coefficient (Wildman–Crippen LogP) is 4.60. The van der Waals surface area contributed by atoms with E-state index in [1.807, 2.05) is 36.4 Å². The lowest BCUT2D eigenvalue weighted by Gasteiger charge is -2.19. The zero-order valence-electron chi connectivity index (χ0n) is 19.2. The summed E-state index contributed by atoms with van der Waals surface area (Å²) >= 11 is 0. The Hall–Kier alpha value is -3.80. The number of benzene rings is 3. The normalized spacial score (nSPS) is 14.8. The fourth-order valence-electron chi connectivity index (χ4n) is 5.20. The van der Waals surface area contributed by atoms with Gasteiger partial charge < -0.3 is 20.1 Å². The van der Waals surface area contributed by atoms with Crippen molar-refractivity contribution in [2.45, 2.75) is 31.7 Å². The van der Waals surface area contributed by atoms with Crippen molar-refractivity contribution in [1.82, 2.24) is 5.32 Å². The van der Waals surface area contributed by atoms with Gasteiger partial charge in [-0.25, -0.2) is 9.59 Å². The fraction of sp³-hybridized carbons (Fsp3) is 0.286. The molecule has 0 radical (unpaired) electrons. The van der Waals surface area contributed by atoms with E-state index in [2.05, 4.69) is 47.5 Å². The van der Waals surface area contributed by atoms with Crippen LogP contribution in [0.2, 0.25) is 0 Å². The van der Waals surface area contributed by atoms with Crippen LogP contribution >= 0.6 is 0 Å². The van der Waals surface area contributed by atoms with Crippen molar-refractivity contribution in [2.24, 2.45) is 0 Å². The maximum absolute atomic E-state index is 12.6. The summed E-state index contributed by atoms with van der Waals surface area (Å²) in [7, 11) is 0. The van der Waals surface area contributed by atoms with Gasteiger partial charge in [0.2, 0.25) is 0 Å². The van der Waals surface area contributed by atoms with Gasteiger partial charge in [0, 0.05) is 31.1 Å². The van der Waals surface area contributed by atoms with Gasteiger partial charge in [0.25, 0.3) is 0 Å². The maximum atomic E-state index is 12.6. The van der Waals surface area contributed by atoms with E-state index in [1.165, 1.54) is 11.3 Å². The van der Waals surface area contributed by atoms with E-state index in [9.17, 15) is 14.7 Å². The summed E-state index contributed by atoms with van der Waals surface area (Å²) in [6.45, 7) is 4.21. The van der Waals surface area contributed by atoms with Crippen LogP contribution in [0.1, 0.15) is 35.1 Å². The van der Waals surface area contributed by atoms with Crippen molar-refractivity contribution in [3.8, 4) is 11.1 Å². The van der Waals surface area contributed by atoms with Crippen LogP contribution in [-0.2, 0) is 22.4 Å². The monoisotopic (exact) mass is 456 g/mol. The Morgan fingerprint density at radius 2 is 1.74 bits per heavy atom. The number of hydrogen-bond acceptors (Lipinski definition) is 4.